The monoisotopic (exact) mass is 379 g/mol. The van der Waals surface area contributed by atoms with Crippen molar-refractivity contribution in [1.82, 2.24) is 20.4 Å². The third-order valence-electron chi connectivity index (χ3n) is 3.78. The molecule has 10 heteroatoms. The first-order valence-electron chi connectivity index (χ1n) is 8.31. The van der Waals surface area contributed by atoms with Crippen LogP contribution in [0.15, 0.2) is 55.0 Å². The van der Waals surface area contributed by atoms with Crippen LogP contribution in [-0.2, 0) is 6.54 Å². The molecule has 0 bridgehead atoms. The van der Waals surface area contributed by atoms with Gasteiger partial charge in [0.05, 0.1) is 4.92 Å². The topological polar surface area (TPSA) is 135 Å². The summed E-state index contributed by atoms with van der Waals surface area (Å²) in [6.45, 7) is 2.32. The number of anilines is 2. The maximum Gasteiger partial charge on any atom is 0.354 e. The normalized spacial score (nSPS) is 10.2. The quantitative estimate of drug-likeness (QED) is 0.421. The van der Waals surface area contributed by atoms with Gasteiger partial charge in [-0.25, -0.2) is 9.97 Å². The molecule has 2 aromatic heterocycles. The Bertz CT molecular complexity index is 978. The molecule has 142 valence electrons. The van der Waals surface area contributed by atoms with E-state index in [1.165, 1.54) is 18.6 Å². The van der Waals surface area contributed by atoms with Crippen molar-refractivity contribution in [2.75, 3.05) is 10.7 Å². The predicted octanol–water partition coefficient (Wildman–Crippen LogP) is 2.46. The number of benzene rings is 1. The average molecular weight is 379 g/mol. The van der Waals surface area contributed by atoms with Crippen molar-refractivity contribution in [2.45, 2.75) is 13.5 Å². The van der Waals surface area contributed by atoms with Crippen LogP contribution in [0.25, 0.3) is 0 Å². The number of aromatic nitrogens is 3. The fourth-order valence-electron chi connectivity index (χ4n) is 2.34. The molecule has 0 saturated carbocycles. The van der Waals surface area contributed by atoms with E-state index >= 15 is 0 Å². The van der Waals surface area contributed by atoms with E-state index in [-0.39, 0.29) is 23.0 Å². The highest BCUT2D eigenvalue weighted by atomic mass is 16.6. The lowest BCUT2D eigenvalue weighted by Crippen LogP contribution is -2.31. The number of nitro groups is 1. The molecule has 0 aliphatic rings. The van der Waals surface area contributed by atoms with Gasteiger partial charge in [-0.2, -0.15) is 0 Å². The molecule has 0 radical (unpaired) electrons. The summed E-state index contributed by atoms with van der Waals surface area (Å²) in [4.78, 5) is 34.7. The number of hydrogen-bond acceptors (Lipinski definition) is 8. The van der Waals surface area contributed by atoms with Gasteiger partial charge in [-0.1, -0.05) is 35.9 Å². The summed E-state index contributed by atoms with van der Waals surface area (Å²) in [5.41, 5.74) is 6.65. The highest BCUT2D eigenvalue weighted by Gasteiger charge is 2.23. The van der Waals surface area contributed by atoms with E-state index in [9.17, 15) is 14.9 Å². The Morgan fingerprint density at radius 2 is 1.82 bits per heavy atom. The van der Waals surface area contributed by atoms with Crippen molar-refractivity contribution >= 4 is 23.2 Å². The van der Waals surface area contributed by atoms with Gasteiger partial charge >= 0.3 is 5.69 Å². The van der Waals surface area contributed by atoms with E-state index in [1.807, 2.05) is 31.2 Å². The Morgan fingerprint density at radius 3 is 2.50 bits per heavy atom. The van der Waals surface area contributed by atoms with Crippen LogP contribution in [0.2, 0.25) is 0 Å². The number of nitrogens with zero attached hydrogens (tertiary/aromatic N) is 4. The first-order chi connectivity index (χ1) is 13.5. The van der Waals surface area contributed by atoms with Gasteiger partial charge in [-0.15, -0.1) is 0 Å². The maximum absolute atomic E-state index is 12.1. The number of carbonyl (C=O) groups excluding carboxylic acids is 1. The van der Waals surface area contributed by atoms with E-state index in [0.717, 1.165) is 11.1 Å². The van der Waals surface area contributed by atoms with Gasteiger partial charge in [-0.05, 0) is 24.6 Å². The van der Waals surface area contributed by atoms with Gasteiger partial charge in [0.1, 0.15) is 12.0 Å². The molecule has 0 saturated heterocycles. The summed E-state index contributed by atoms with van der Waals surface area (Å²) in [6, 6.07) is 12.6. The van der Waals surface area contributed by atoms with Crippen LogP contribution in [0.5, 0.6) is 0 Å². The van der Waals surface area contributed by atoms with E-state index in [1.54, 1.807) is 12.1 Å². The van der Waals surface area contributed by atoms with Gasteiger partial charge < -0.3 is 5.32 Å². The summed E-state index contributed by atoms with van der Waals surface area (Å²) in [5.74, 6) is -0.659. The zero-order valence-electron chi connectivity index (χ0n) is 14.9. The summed E-state index contributed by atoms with van der Waals surface area (Å²) >= 11 is 0. The summed E-state index contributed by atoms with van der Waals surface area (Å²) < 4.78 is 0. The van der Waals surface area contributed by atoms with Crippen LogP contribution in [0.1, 0.15) is 21.6 Å². The summed E-state index contributed by atoms with van der Waals surface area (Å²) in [5, 5.41) is 14.5. The van der Waals surface area contributed by atoms with Crippen LogP contribution < -0.4 is 16.2 Å². The van der Waals surface area contributed by atoms with Crippen molar-refractivity contribution in [1.29, 1.82) is 0 Å². The molecule has 3 rings (SSSR count). The number of hydrazine groups is 1. The molecule has 0 spiro atoms. The number of hydrogen-bond donors (Lipinski definition) is 3. The molecular formula is C18H17N7O3. The van der Waals surface area contributed by atoms with Gasteiger partial charge in [0.15, 0.2) is 0 Å². The van der Waals surface area contributed by atoms with E-state index < -0.39 is 10.8 Å². The van der Waals surface area contributed by atoms with Crippen LogP contribution in [0, 0.1) is 17.0 Å². The van der Waals surface area contributed by atoms with Crippen LogP contribution in [0.4, 0.5) is 17.3 Å². The molecular weight excluding hydrogens is 362 g/mol. The summed E-state index contributed by atoms with van der Waals surface area (Å²) in [6.07, 6.45) is 2.63. The Morgan fingerprint density at radius 1 is 1.07 bits per heavy atom. The predicted molar refractivity (Wildman–Crippen MR) is 103 cm³/mol. The molecule has 10 nitrogen and oxygen atoms in total. The van der Waals surface area contributed by atoms with Gasteiger partial charge in [0, 0.05) is 12.7 Å². The van der Waals surface area contributed by atoms with Crippen molar-refractivity contribution in [2.24, 2.45) is 0 Å². The molecule has 3 N–H and O–H groups in total. The smallest absolute Gasteiger partial charge is 0.354 e. The standard InChI is InChI=1S/C18H17N7O3/c1-12-5-7-13(8-6-12)10-20-16-15(25(27)28)17(22-11-21-16)23-24-18(26)14-4-2-3-9-19-14/h2-9,11H,10H2,1H3,(H,24,26)(H2,20,21,22,23). The number of amides is 1. The lowest BCUT2D eigenvalue weighted by atomic mass is 10.1. The molecule has 1 amide bonds. The number of aryl methyl sites for hydroxylation is 1. The largest absolute Gasteiger partial charge is 0.360 e. The van der Waals surface area contributed by atoms with Gasteiger partial charge in [0.2, 0.25) is 11.6 Å². The van der Waals surface area contributed by atoms with E-state index in [0.29, 0.717) is 6.54 Å². The SMILES string of the molecule is Cc1ccc(CNc2ncnc(NNC(=O)c3ccccn3)c2[N+](=O)[O-])cc1. The lowest BCUT2D eigenvalue weighted by Gasteiger charge is -2.11. The molecule has 3 aromatic rings. The number of pyridine rings is 1. The second-order valence-electron chi connectivity index (χ2n) is 5.81. The minimum Gasteiger partial charge on any atom is -0.360 e. The zero-order chi connectivity index (χ0) is 19.9. The third kappa shape index (κ3) is 4.55. The number of nitrogens with one attached hydrogen (secondary N) is 3. The molecule has 28 heavy (non-hydrogen) atoms. The second kappa shape index (κ2) is 8.54. The van der Waals surface area contributed by atoms with Crippen LogP contribution in [-0.4, -0.2) is 25.8 Å². The minimum absolute atomic E-state index is 0.0372. The van der Waals surface area contributed by atoms with Crippen LogP contribution >= 0.6 is 0 Å². The third-order valence-corrected chi connectivity index (χ3v) is 3.78. The first kappa shape index (κ1) is 18.7. The minimum atomic E-state index is -0.618. The van der Waals surface area contributed by atoms with Gasteiger partial charge in [0.25, 0.3) is 5.91 Å². The zero-order valence-corrected chi connectivity index (χ0v) is 14.9. The van der Waals surface area contributed by atoms with Crippen molar-refractivity contribution < 1.29 is 9.72 Å². The van der Waals surface area contributed by atoms with Crippen molar-refractivity contribution in [3.63, 3.8) is 0 Å². The Labute approximate surface area is 160 Å². The van der Waals surface area contributed by atoms with Crippen LogP contribution in [0.3, 0.4) is 0 Å². The average Bonchev–Trinajstić information content (AvgIpc) is 2.72. The molecule has 0 aliphatic heterocycles. The van der Waals surface area contributed by atoms with Crippen molar-refractivity contribution in [3.8, 4) is 0 Å². The maximum atomic E-state index is 12.1. The van der Waals surface area contributed by atoms with Crippen molar-refractivity contribution in [3.05, 3.63) is 81.9 Å². The fraction of sp³-hybridized carbons (Fsp3) is 0.111. The molecule has 0 unspecified atom stereocenters. The Balaban J connectivity index is 1.74. The highest BCUT2D eigenvalue weighted by Crippen LogP contribution is 2.28. The van der Waals surface area contributed by atoms with Gasteiger partial charge in [-0.3, -0.25) is 30.7 Å². The highest BCUT2D eigenvalue weighted by molar-refractivity contribution is 5.93. The lowest BCUT2D eigenvalue weighted by molar-refractivity contribution is -0.383. The first-order valence-corrected chi connectivity index (χ1v) is 8.31. The molecule has 0 aliphatic carbocycles. The number of carbonyl (C=O) groups is 1. The molecule has 2 heterocycles. The van der Waals surface area contributed by atoms with E-state index in [4.69, 9.17) is 0 Å². The fourth-order valence-corrected chi connectivity index (χ4v) is 2.34. The number of rotatable bonds is 7. The molecule has 1 aromatic carbocycles. The van der Waals surface area contributed by atoms with E-state index in [2.05, 4.69) is 31.1 Å². The Kier molecular flexibility index (Phi) is 5.70. The molecule has 0 atom stereocenters. The second-order valence-corrected chi connectivity index (χ2v) is 5.81. The summed E-state index contributed by atoms with van der Waals surface area (Å²) in [7, 11) is 0. The molecule has 0 fully saturated rings. The Hall–Kier alpha value is -4.08.